The second-order valence-electron chi connectivity index (χ2n) is 8.80. The average molecular weight is 557 g/mol. The molecule has 3 N–H and O–H groups in total. The number of anilines is 3. The highest BCUT2D eigenvalue weighted by atomic mass is 35.5. The molecule has 1 unspecified atom stereocenters. The molecule has 4 radical (unpaired) electrons. The molecule has 1 atom stereocenters. The number of rotatable bonds is 6. The molecule has 0 amide bonds. The number of nitrogens with zero attached hydrogens (tertiary/aromatic N) is 4. The van der Waals surface area contributed by atoms with Crippen LogP contribution in [0.3, 0.4) is 0 Å². The quantitative estimate of drug-likeness (QED) is 0.207. The van der Waals surface area contributed by atoms with Crippen LogP contribution < -0.4 is 15.4 Å². The molecular weight excluding hydrogens is 535 g/mol. The lowest BCUT2D eigenvalue weighted by molar-refractivity contribution is 0.220. The molecule has 4 aromatic rings. The minimum absolute atomic E-state index is 0.0634. The molecule has 1 aromatic heterocycles. The van der Waals surface area contributed by atoms with Crippen molar-refractivity contribution in [2.24, 2.45) is 0 Å². The minimum atomic E-state index is -2.27. The topological polar surface area (TPSA) is 148 Å². The monoisotopic (exact) mass is 556 g/mol. The van der Waals surface area contributed by atoms with Crippen molar-refractivity contribution >= 4 is 66.6 Å². The van der Waals surface area contributed by atoms with E-state index in [0.717, 1.165) is 30.2 Å². The van der Waals surface area contributed by atoms with E-state index in [4.69, 9.17) is 46.5 Å². The Morgan fingerprint density at radius 3 is 2.38 bits per heavy atom. The number of hydrogen-bond acceptors (Lipinski definition) is 9. The van der Waals surface area contributed by atoms with Gasteiger partial charge in [0, 0.05) is 11.4 Å². The summed E-state index contributed by atoms with van der Waals surface area (Å²) in [7, 11) is 11.8. The Kier molecular flexibility index (Phi) is 8.47. The highest BCUT2D eigenvalue weighted by Gasteiger charge is 2.29. The third-order valence-electron chi connectivity index (χ3n) is 5.59. The highest BCUT2D eigenvalue weighted by molar-refractivity contribution is 7.78. The van der Waals surface area contributed by atoms with Gasteiger partial charge in [0.2, 0.25) is 0 Å². The number of nitriles is 1. The van der Waals surface area contributed by atoms with Crippen molar-refractivity contribution < 1.29 is 18.6 Å². The van der Waals surface area contributed by atoms with Crippen molar-refractivity contribution in [3.05, 3.63) is 71.4 Å². The van der Waals surface area contributed by atoms with E-state index < -0.39 is 16.6 Å². The first-order chi connectivity index (χ1) is 18.5. The van der Waals surface area contributed by atoms with Gasteiger partial charge in [0.25, 0.3) is 0 Å². The lowest BCUT2D eigenvalue weighted by Gasteiger charge is -2.38. The smallest absolute Gasteiger partial charge is 0.156 e. The summed E-state index contributed by atoms with van der Waals surface area (Å²) in [5.74, 6) is 0.673. The third-order valence-corrected chi connectivity index (χ3v) is 5.87. The molecule has 9 nitrogen and oxygen atoms in total. The van der Waals surface area contributed by atoms with Crippen LogP contribution in [0, 0.1) is 11.3 Å². The maximum absolute atomic E-state index is 10.6. The van der Waals surface area contributed by atoms with Crippen LogP contribution in [0.1, 0.15) is 18.4 Å². The lowest BCUT2D eigenvalue weighted by Crippen LogP contribution is -2.47. The van der Waals surface area contributed by atoms with E-state index in [1.807, 2.05) is 30.3 Å². The number of aromatic nitrogens is 2. The molecule has 1 aliphatic carbocycles. The van der Waals surface area contributed by atoms with E-state index in [1.54, 1.807) is 18.2 Å². The Morgan fingerprint density at radius 1 is 1.15 bits per heavy atom. The zero-order valence-corrected chi connectivity index (χ0v) is 22.3. The molecule has 3 aromatic carbocycles. The van der Waals surface area contributed by atoms with Gasteiger partial charge in [-0.15, -0.1) is 0 Å². The third kappa shape index (κ3) is 7.07. The number of aliphatic hydroxyl groups is 1. The van der Waals surface area contributed by atoms with E-state index in [1.165, 1.54) is 17.2 Å². The van der Waals surface area contributed by atoms with Crippen molar-refractivity contribution in [2.45, 2.75) is 24.5 Å². The van der Waals surface area contributed by atoms with E-state index in [9.17, 15) is 10.4 Å². The van der Waals surface area contributed by atoms with E-state index in [0.29, 0.717) is 34.0 Å². The molecule has 0 bridgehead atoms. The summed E-state index contributed by atoms with van der Waals surface area (Å²) in [4.78, 5) is 9.88. The summed E-state index contributed by atoms with van der Waals surface area (Å²) in [5, 5.41) is 20.5. The molecule has 13 heteroatoms. The van der Waals surface area contributed by atoms with Gasteiger partial charge in [-0.25, -0.2) is 4.98 Å². The zero-order valence-electron chi connectivity index (χ0n) is 20.7. The van der Waals surface area contributed by atoms with Gasteiger partial charge < -0.3 is 25.0 Å². The molecule has 1 aliphatic rings. The van der Waals surface area contributed by atoms with Crippen LogP contribution in [-0.2, 0) is 11.1 Å². The molecule has 0 spiro atoms. The largest absolute Gasteiger partial charge is 0.773 e. The van der Waals surface area contributed by atoms with Crippen molar-refractivity contribution in [3.8, 4) is 22.9 Å². The highest BCUT2D eigenvalue weighted by Crippen LogP contribution is 2.40. The predicted molar refractivity (Wildman–Crippen MR) is 153 cm³/mol. The fourth-order valence-corrected chi connectivity index (χ4v) is 4.09. The van der Waals surface area contributed by atoms with Crippen LogP contribution in [0.4, 0.5) is 17.2 Å². The van der Waals surface area contributed by atoms with Gasteiger partial charge in [0.05, 0.1) is 39.4 Å². The molecular formula is C26H21B2ClN5O4S-. The normalized spacial score (nSPS) is 13.6. The summed E-state index contributed by atoms with van der Waals surface area (Å²) in [6, 6.07) is 18.1. The number of benzene rings is 3. The first kappa shape index (κ1) is 28.4. The summed E-state index contributed by atoms with van der Waals surface area (Å²) >= 11 is 4.58. The lowest BCUT2D eigenvalue weighted by atomic mass is 9.71. The minimum Gasteiger partial charge on any atom is -0.773 e. The van der Waals surface area contributed by atoms with E-state index in [2.05, 4.69) is 16.0 Å². The predicted octanol–water partition coefficient (Wildman–Crippen LogP) is 3.52. The van der Waals surface area contributed by atoms with Crippen LogP contribution in [0.2, 0.25) is 5.02 Å². The standard InChI is InChI=1S/C25H18B2ClN5O2.CH4O2S/c26-25(27,34)33(18-9-16(12-29)24(20(28)11-18)35-19-6-7-19)17-4-1-14(2-5-17)15-3-8-21-22(10-15)31-13-23(30)32-21;1-4(2)3/h1-5,8-11,13,19,34H,6-7H2,(H2,30,32);1H3,(H,2,3)/p-1. The first-order valence-electron chi connectivity index (χ1n) is 11.6. The van der Waals surface area contributed by atoms with Crippen LogP contribution in [-0.4, -0.2) is 57.4 Å². The molecule has 1 fully saturated rings. The summed E-state index contributed by atoms with van der Waals surface area (Å²) < 4.78 is 23.8. The van der Waals surface area contributed by atoms with E-state index in [-0.39, 0.29) is 16.7 Å². The number of nitrogens with two attached hydrogens (primary N) is 1. The number of nitrogen functional groups attached to an aromatic ring is 1. The maximum atomic E-state index is 10.6. The summed E-state index contributed by atoms with van der Waals surface area (Å²) in [6.45, 7) is 0. The first-order valence-corrected chi connectivity index (χ1v) is 13.5. The number of halogens is 1. The molecule has 1 heterocycles. The zero-order chi connectivity index (χ0) is 28.3. The Morgan fingerprint density at radius 2 is 1.79 bits per heavy atom. The Bertz CT molecular complexity index is 1570. The van der Waals surface area contributed by atoms with Gasteiger partial charge in [-0.05, 0) is 66.6 Å². The number of hydrogen-bond donors (Lipinski definition) is 2. The fourth-order valence-electron chi connectivity index (χ4n) is 3.83. The Balaban J connectivity index is 0.000000826. The average Bonchev–Trinajstić information content (AvgIpc) is 3.69. The van der Waals surface area contributed by atoms with Gasteiger partial charge in [-0.1, -0.05) is 40.9 Å². The SMILES string of the molecule is CS(=O)[O-].[B]C([B])(O)N(c1ccc(-c2ccc3nc(N)cnc3c2)cc1)c1cc(Cl)c(OC2CC2)c(C#N)c1. The van der Waals surface area contributed by atoms with Crippen molar-refractivity contribution in [1.82, 2.24) is 9.97 Å². The van der Waals surface area contributed by atoms with Crippen molar-refractivity contribution in [1.29, 1.82) is 5.26 Å². The molecule has 0 aliphatic heterocycles. The van der Waals surface area contributed by atoms with Crippen LogP contribution >= 0.6 is 11.6 Å². The Hall–Kier alpha value is -3.62. The van der Waals surface area contributed by atoms with Crippen LogP contribution in [0.15, 0.2) is 60.8 Å². The fraction of sp³-hybridized carbons (Fsp3) is 0.192. The molecule has 1 saturated carbocycles. The van der Waals surface area contributed by atoms with Gasteiger partial charge in [-0.3, -0.25) is 9.19 Å². The van der Waals surface area contributed by atoms with Crippen LogP contribution in [0.5, 0.6) is 5.75 Å². The summed E-state index contributed by atoms with van der Waals surface area (Å²) in [6.07, 6.45) is 4.50. The van der Waals surface area contributed by atoms with Gasteiger partial charge in [0.15, 0.2) is 5.75 Å². The van der Waals surface area contributed by atoms with Gasteiger partial charge in [0.1, 0.15) is 27.6 Å². The Labute approximate surface area is 235 Å². The van der Waals surface area contributed by atoms with E-state index >= 15 is 0 Å². The van der Waals surface area contributed by atoms with Crippen molar-refractivity contribution in [2.75, 3.05) is 16.9 Å². The van der Waals surface area contributed by atoms with Crippen LogP contribution in [0.25, 0.3) is 22.2 Å². The second kappa shape index (κ2) is 11.6. The summed E-state index contributed by atoms with van der Waals surface area (Å²) in [5.41, 5.74) is 7.73. The second-order valence-corrected chi connectivity index (χ2v) is 10.0. The number of fused-ring (bicyclic) bond motifs is 1. The van der Waals surface area contributed by atoms with Crippen molar-refractivity contribution in [3.63, 3.8) is 0 Å². The van der Waals surface area contributed by atoms with Gasteiger partial charge in [-0.2, -0.15) is 5.26 Å². The molecule has 39 heavy (non-hydrogen) atoms. The van der Waals surface area contributed by atoms with Gasteiger partial charge >= 0.3 is 0 Å². The maximum Gasteiger partial charge on any atom is 0.156 e. The number of ether oxygens (including phenoxy) is 1. The molecule has 0 saturated heterocycles. The molecule has 194 valence electrons. The molecule has 5 rings (SSSR count).